The van der Waals surface area contributed by atoms with E-state index in [1.54, 1.807) is 0 Å². The first-order chi connectivity index (χ1) is 11.5. The normalized spacial score (nSPS) is 10.7. The van der Waals surface area contributed by atoms with Gasteiger partial charge in [-0.25, -0.2) is 0 Å². The van der Waals surface area contributed by atoms with Crippen LogP contribution in [0.25, 0.3) is 11.1 Å². The molecule has 0 amide bonds. The minimum Gasteiger partial charge on any atom is -0.344 e. The molecule has 3 rings (SSSR count). The maximum absolute atomic E-state index is 2.29. The summed E-state index contributed by atoms with van der Waals surface area (Å²) in [7, 11) is 2.15. The fraction of sp³-hybridized carbons (Fsp3) is 0.217. The Morgan fingerprint density at radius 3 is 1.88 bits per heavy atom. The largest absolute Gasteiger partial charge is 0.344 e. The maximum atomic E-state index is 2.29. The SMILES string of the molecule is Cc1ccc(N(C)c2ccc(-c3ccccc3C)cc2C)c(C)c1. The van der Waals surface area contributed by atoms with Gasteiger partial charge in [0, 0.05) is 18.4 Å². The van der Waals surface area contributed by atoms with Gasteiger partial charge in [-0.15, -0.1) is 0 Å². The summed E-state index contributed by atoms with van der Waals surface area (Å²) in [6.07, 6.45) is 0. The van der Waals surface area contributed by atoms with Gasteiger partial charge in [0.2, 0.25) is 0 Å². The van der Waals surface area contributed by atoms with E-state index in [1.807, 2.05) is 0 Å². The molecule has 0 heterocycles. The van der Waals surface area contributed by atoms with Gasteiger partial charge in [0.05, 0.1) is 0 Å². The van der Waals surface area contributed by atoms with E-state index in [4.69, 9.17) is 0 Å². The summed E-state index contributed by atoms with van der Waals surface area (Å²) in [6.45, 7) is 8.67. The van der Waals surface area contributed by atoms with E-state index in [-0.39, 0.29) is 0 Å². The predicted octanol–water partition coefficient (Wildman–Crippen LogP) is 6.36. The molecule has 0 bridgehead atoms. The van der Waals surface area contributed by atoms with Gasteiger partial charge in [-0.2, -0.15) is 0 Å². The number of rotatable bonds is 3. The van der Waals surface area contributed by atoms with Crippen LogP contribution in [0.1, 0.15) is 22.3 Å². The van der Waals surface area contributed by atoms with Crippen molar-refractivity contribution in [3.8, 4) is 11.1 Å². The molecule has 0 aliphatic rings. The lowest BCUT2D eigenvalue weighted by Gasteiger charge is -2.24. The van der Waals surface area contributed by atoms with E-state index in [1.165, 1.54) is 44.8 Å². The third kappa shape index (κ3) is 3.07. The second kappa shape index (κ2) is 6.52. The van der Waals surface area contributed by atoms with Crippen LogP contribution in [0.4, 0.5) is 11.4 Å². The van der Waals surface area contributed by atoms with Crippen LogP contribution in [-0.2, 0) is 0 Å². The number of hydrogen-bond donors (Lipinski definition) is 0. The van der Waals surface area contributed by atoms with E-state index in [0.29, 0.717) is 0 Å². The van der Waals surface area contributed by atoms with Crippen molar-refractivity contribution in [2.24, 2.45) is 0 Å². The van der Waals surface area contributed by atoms with Crippen LogP contribution < -0.4 is 4.90 Å². The average molecular weight is 315 g/mol. The van der Waals surface area contributed by atoms with Gasteiger partial charge < -0.3 is 4.90 Å². The zero-order chi connectivity index (χ0) is 17.3. The molecule has 122 valence electrons. The molecule has 0 saturated carbocycles. The Kier molecular flexibility index (Phi) is 4.44. The molecule has 0 aromatic heterocycles. The maximum Gasteiger partial charge on any atom is 0.0438 e. The van der Waals surface area contributed by atoms with Gasteiger partial charge >= 0.3 is 0 Å². The van der Waals surface area contributed by atoms with Crippen molar-refractivity contribution in [2.45, 2.75) is 27.7 Å². The third-order valence-corrected chi connectivity index (χ3v) is 4.73. The smallest absolute Gasteiger partial charge is 0.0438 e. The molecule has 0 saturated heterocycles. The molecule has 0 fully saturated rings. The third-order valence-electron chi connectivity index (χ3n) is 4.73. The lowest BCUT2D eigenvalue weighted by molar-refractivity contribution is 1.16. The van der Waals surface area contributed by atoms with Crippen molar-refractivity contribution in [3.05, 3.63) is 82.9 Å². The van der Waals surface area contributed by atoms with Crippen molar-refractivity contribution in [2.75, 3.05) is 11.9 Å². The highest BCUT2D eigenvalue weighted by atomic mass is 15.1. The van der Waals surface area contributed by atoms with Gasteiger partial charge in [-0.05, 0) is 73.7 Å². The fourth-order valence-corrected chi connectivity index (χ4v) is 3.41. The van der Waals surface area contributed by atoms with Crippen LogP contribution in [0.5, 0.6) is 0 Å². The zero-order valence-corrected chi connectivity index (χ0v) is 15.2. The molecule has 0 aliphatic heterocycles. The fourth-order valence-electron chi connectivity index (χ4n) is 3.41. The molecule has 3 aromatic carbocycles. The Bertz CT molecular complexity index is 877. The van der Waals surface area contributed by atoms with E-state index in [9.17, 15) is 0 Å². The highest BCUT2D eigenvalue weighted by molar-refractivity contribution is 5.74. The van der Waals surface area contributed by atoms with Gasteiger partial charge in [0.25, 0.3) is 0 Å². The summed E-state index contributed by atoms with van der Waals surface area (Å²) in [4.78, 5) is 2.28. The Morgan fingerprint density at radius 2 is 1.25 bits per heavy atom. The van der Waals surface area contributed by atoms with E-state index < -0.39 is 0 Å². The first kappa shape index (κ1) is 16.3. The minimum absolute atomic E-state index is 1.25. The molecule has 0 unspecified atom stereocenters. The molecule has 24 heavy (non-hydrogen) atoms. The van der Waals surface area contributed by atoms with Gasteiger partial charge in [0.1, 0.15) is 0 Å². The Morgan fingerprint density at radius 1 is 0.625 bits per heavy atom. The molecular weight excluding hydrogens is 290 g/mol. The molecule has 1 heteroatoms. The topological polar surface area (TPSA) is 3.24 Å². The van der Waals surface area contributed by atoms with E-state index in [0.717, 1.165) is 0 Å². The van der Waals surface area contributed by atoms with Gasteiger partial charge in [0.15, 0.2) is 0 Å². The lowest BCUT2D eigenvalue weighted by Crippen LogP contribution is -2.12. The Hall–Kier alpha value is -2.54. The number of hydrogen-bond acceptors (Lipinski definition) is 1. The zero-order valence-electron chi connectivity index (χ0n) is 15.2. The Labute approximate surface area is 145 Å². The molecule has 0 aliphatic carbocycles. The molecule has 3 aromatic rings. The number of anilines is 2. The van der Waals surface area contributed by atoms with Gasteiger partial charge in [-0.3, -0.25) is 0 Å². The highest BCUT2D eigenvalue weighted by Crippen LogP contribution is 2.33. The summed E-state index contributed by atoms with van der Waals surface area (Å²) in [5, 5.41) is 0. The summed E-state index contributed by atoms with van der Waals surface area (Å²) in [5.74, 6) is 0. The van der Waals surface area contributed by atoms with E-state index >= 15 is 0 Å². The van der Waals surface area contributed by atoms with Crippen LogP contribution in [-0.4, -0.2) is 7.05 Å². The number of aryl methyl sites for hydroxylation is 4. The quantitative estimate of drug-likeness (QED) is 0.544. The van der Waals surface area contributed by atoms with E-state index in [2.05, 4.69) is 100 Å². The second-order valence-electron chi connectivity index (χ2n) is 6.67. The molecule has 1 nitrogen and oxygen atoms in total. The molecule has 0 radical (unpaired) electrons. The number of nitrogens with zero attached hydrogens (tertiary/aromatic N) is 1. The lowest BCUT2D eigenvalue weighted by atomic mass is 9.98. The standard InChI is InChI=1S/C23H25N/c1-16-10-12-22(18(3)14-16)24(5)23-13-11-20(15-19(23)4)21-9-7-6-8-17(21)2/h6-15H,1-5H3. The van der Waals surface area contributed by atoms with Crippen LogP contribution >= 0.6 is 0 Å². The first-order valence-electron chi connectivity index (χ1n) is 8.45. The molecule has 0 spiro atoms. The monoisotopic (exact) mass is 315 g/mol. The first-order valence-corrected chi connectivity index (χ1v) is 8.45. The summed E-state index contributed by atoms with van der Waals surface area (Å²) in [5.41, 5.74) is 10.3. The Balaban J connectivity index is 2.00. The average Bonchev–Trinajstić information content (AvgIpc) is 2.54. The summed E-state index contributed by atoms with van der Waals surface area (Å²) in [6, 6.07) is 21.9. The second-order valence-corrected chi connectivity index (χ2v) is 6.67. The van der Waals surface area contributed by atoms with Crippen molar-refractivity contribution in [1.82, 2.24) is 0 Å². The van der Waals surface area contributed by atoms with Crippen molar-refractivity contribution in [3.63, 3.8) is 0 Å². The predicted molar refractivity (Wildman–Crippen MR) is 105 cm³/mol. The summed E-state index contributed by atoms with van der Waals surface area (Å²) < 4.78 is 0. The molecule has 0 atom stereocenters. The highest BCUT2D eigenvalue weighted by Gasteiger charge is 2.11. The van der Waals surface area contributed by atoms with Crippen molar-refractivity contribution >= 4 is 11.4 Å². The minimum atomic E-state index is 1.25. The van der Waals surface area contributed by atoms with Crippen LogP contribution in [0, 0.1) is 27.7 Å². The molecule has 0 N–H and O–H groups in total. The van der Waals surface area contributed by atoms with Crippen LogP contribution in [0.15, 0.2) is 60.7 Å². The van der Waals surface area contributed by atoms with Crippen LogP contribution in [0.3, 0.4) is 0 Å². The van der Waals surface area contributed by atoms with Crippen molar-refractivity contribution in [1.29, 1.82) is 0 Å². The number of benzene rings is 3. The summed E-state index contributed by atoms with van der Waals surface area (Å²) >= 11 is 0. The van der Waals surface area contributed by atoms with Crippen LogP contribution in [0.2, 0.25) is 0 Å². The van der Waals surface area contributed by atoms with Crippen molar-refractivity contribution < 1.29 is 0 Å². The van der Waals surface area contributed by atoms with Gasteiger partial charge in [-0.1, -0.05) is 48.0 Å². The molecular formula is C23H25N.